The normalized spacial score (nSPS) is 23.2. The van der Waals surface area contributed by atoms with Crippen molar-refractivity contribution in [3.63, 3.8) is 0 Å². The zero-order valence-corrected chi connectivity index (χ0v) is 15.7. The van der Waals surface area contributed by atoms with Crippen LogP contribution in [0, 0.1) is 5.41 Å². The van der Waals surface area contributed by atoms with Gasteiger partial charge in [0, 0.05) is 25.2 Å². The van der Waals surface area contributed by atoms with Gasteiger partial charge >= 0.3 is 0 Å². The summed E-state index contributed by atoms with van der Waals surface area (Å²) >= 11 is 0. The SMILES string of the molecule is COc1cc2c(cc1S(=O)(=O)N1CCC(C)(CN)C1)OCC(=O)N2.Cl. The highest BCUT2D eigenvalue weighted by atomic mass is 35.5. The average Bonchev–Trinajstić information content (AvgIpc) is 2.97. The minimum Gasteiger partial charge on any atom is -0.495 e. The Morgan fingerprint density at radius 1 is 1.44 bits per heavy atom. The molecule has 0 saturated carbocycles. The molecule has 2 aliphatic heterocycles. The van der Waals surface area contributed by atoms with Crippen LogP contribution in [0.1, 0.15) is 13.3 Å². The van der Waals surface area contributed by atoms with E-state index in [1.54, 1.807) is 0 Å². The van der Waals surface area contributed by atoms with Crippen LogP contribution in [0.15, 0.2) is 17.0 Å². The fourth-order valence-corrected chi connectivity index (χ4v) is 4.68. The molecular formula is C15H22ClN3O5S. The molecule has 3 N–H and O–H groups in total. The number of halogens is 1. The van der Waals surface area contributed by atoms with Crippen molar-refractivity contribution in [3.8, 4) is 11.5 Å². The first-order valence-corrected chi connectivity index (χ1v) is 9.08. The number of nitrogens with one attached hydrogen (secondary N) is 1. The van der Waals surface area contributed by atoms with Gasteiger partial charge in [-0.05, 0) is 18.4 Å². The van der Waals surface area contributed by atoms with E-state index in [4.69, 9.17) is 15.2 Å². The molecule has 1 saturated heterocycles. The highest BCUT2D eigenvalue weighted by Crippen LogP contribution is 2.40. The van der Waals surface area contributed by atoms with Gasteiger partial charge < -0.3 is 20.5 Å². The molecule has 8 nitrogen and oxygen atoms in total. The molecule has 25 heavy (non-hydrogen) atoms. The Kier molecular flexibility index (Phi) is 5.53. The molecule has 1 aromatic rings. The van der Waals surface area contributed by atoms with Gasteiger partial charge in [-0.3, -0.25) is 4.79 Å². The van der Waals surface area contributed by atoms with E-state index in [0.717, 1.165) is 0 Å². The third-order valence-corrected chi connectivity index (χ3v) is 6.40. The fraction of sp³-hybridized carbons (Fsp3) is 0.533. The molecule has 1 amide bonds. The number of hydrogen-bond donors (Lipinski definition) is 2. The zero-order valence-electron chi connectivity index (χ0n) is 14.1. The summed E-state index contributed by atoms with van der Waals surface area (Å²) in [7, 11) is -2.36. The summed E-state index contributed by atoms with van der Waals surface area (Å²) in [4.78, 5) is 11.4. The Hall–Kier alpha value is -1.55. The van der Waals surface area contributed by atoms with Crippen molar-refractivity contribution in [2.75, 3.05) is 38.7 Å². The van der Waals surface area contributed by atoms with Crippen molar-refractivity contribution in [3.05, 3.63) is 12.1 Å². The second-order valence-electron chi connectivity index (χ2n) is 6.44. The molecule has 0 aromatic heterocycles. The molecule has 1 fully saturated rings. The van der Waals surface area contributed by atoms with Gasteiger partial charge in [-0.25, -0.2) is 8.42 Å². The summed E-state index contributed by atoms with van der Waals surface area (Å²) in [5.74, 6) is 0.189. The number of nitrogens with zero attached hydrogens (tertiary/aromatic N) is 1. The van der Waals surface area contributed by atoms with Crippen molar-refractivity contribution in [2.45, 2.75) is 18.2 Å². The lowest BCUT2D eigenvalue weighted by atomic mass is 9.90. The van der Waals surface area contributed by atoms with E-state index >= 15 is 0 Å². The van der Waals surface area contributed by atoms with Crippen molar-refractivity contribution < 1.29 is 22.7 Å². The first kappa shape index (κ1) is 19.8. The standard InChI is InChI=1S/C15H21N3O5S.ClH/c1-15(8-16)3-4-18(9-15)24(20,21)13-6-11-10(5-12(13)22-2)17-14(19)7-23-11;/h5-6H,3-4,7-9,16H2,1-2H3,(H,17,19);1H. The van der Waals surface area contributed by atoms with E-state index in [1.807, 2.05) is 6.92 Å². The van der Waals surface area contributed by atoms with Crippen LogP contribution >= 0.6 is 12.4 Å². The van der Waals surface area contributed by atoms with Gasteiger partial charge in [0.2, 0.25) is 10.0 Å². The van der Waals surface area contributed by atoms with Crippen molar-refractivity contribution in [1.29, 1.82) is 0 Å². The second kappa shape index (κ2) is 6.99. The van der Waals surface area contributed by atoms with Gasteiger partial charge in [0.05, 0.1) is 12.8 Å². The molecule has 140 valence electrons. The summed E-state index contributed by atoms with van der Waals surface area (Å²) in [5, 5.41) is 2.64. The van der Waals surface area contributed by atoms with Crippen LogP contribution in [-0.4, -0.2) is 52.0 Å². The molecule has 0 radical (unpaired) electrons. The Morgan fingerprint density at radius 3 is 2.76 bits per heavy atom. The smallest absolute Gasteiger partial charge is 0.262 e. The van der Waals surface area contributed by atoms with Gasteiger partial charge in [-0.15, -0.1) is 12.4 Å². The van der Waals surface area contributed by atoms with Gasteiger partial charge in [-0.2, -0.15) is 4.31 Å². The molecule has 3 rings (SSSR count). The maximum atomic E-state index is 13.0. The number of carbonyl (C=O) groups excluding carboxylic acids is 1. The first-order valence-electron chi connectivity index (χ1n) is 7.64. The maximum Gasteiger partial charge on any atom is 0.262 e. The molecule has 2 heterocycles. The van der Waals surface area contributed by atoms with Crippen molar-refractivity contribution in [1.82, 2.24) is 4.31 Å². The molecule has 1 atom stereocenters. The molecule has 0 spiro atoms. The number of amides is 1. The summed E-state index contributed by atoms with van der Waals surface area (Å²) in [5.41, 5.74) is 5.94. The van der Waals surface area contributed by atoms with Crippen LogP contribution in [-0.2, 0) is 14.8 Å². The number of fused-ring (bicyclic) bond motifs is 1. The molecule has 10 heteroatoms. The van der Waals surface area contributed by atoms with E-state index in [0.29, 0.717) is 37.5 Å². The van der Waals surface area contributed by atoms with Crippen molar-refractivity contribution in [2.24, 2.45) is 11.1 Å². The maximum absolute atomic E-state index is 13.0. The Balaban J connectivity index is 0.00000225. The van der Waals surface area contributed by atoms with Gasteiger partial charge in [-0.1, -0.05) is 6.92 Å². The Labute approximate surface area is 153 Å². The monoisotopic (exact) mass is 391 g/mol. The van der Waals surface area contributed by atoms with Crippen LogP contribution in [0.4, 0.5) is 5.69 Å². The number of carbonyl (C=O) groups is 1. The quantitative estimate of drug-likeness (QED) is 0.785. The average molecular weight is 392 g/mol. The topological polar surface area (TPSA) is 111 Å². The number of ether oxygens (including phenoxy) is 2. The second-order valence-corrected chi connectivity index (χ2v) is 8.35. The first-order chi connectivity index (χ1) is 11.3. The van der Waals surface area contributed by atoms with Gasteiger partial charge in [0.1, 0.15) is 16.4 Å². The van der Waals surface area contributed by atoms with Crippen LogP contribution < -0.4 is 20.5 Å². The summed E-state index contributed by atoms with van der Waals surface area (Å²) in [6.45, 7) is 3.03. The number of rotatable bonds is 4. The van der Waals surface area contributed by atoms with Crippen LogP contribution in [0.2, 0.25) is 0 Å². The van der Waals surface area contributed by atoms with E-state index in [1.165, 1.54) is 23.5 Å². The third-order valence-electron chi connectivity index (χ3n) is 4.53. The number of nitrogens with two attached hydrogens (primary N) is 1. The van der Waals surface area contributed by atoms with E-state index in [9.17, 15) is 13.2 Å². The highest BCUT2D eigenvalue weighted by Gasteiger charge is 2.40. The third kappa shape index (κ3) is 3.55. The van der Waals surface area contributed by atoms with E-state index < -0.39 is 10.0 Å². The zero-order chi connectivity index (χ0) is 17.5. The predicted octanol–water partition coefficient (Wildman–Crippen LogP) is 0.807. The Morgan fingerprint density at radius 2 is 2.16 bits per heavy atom. The fourth-order valence-electron chi connectivity index (χ4n) is 2.94. The molecule has 1 unspecified atom stereocenters. The lowest BCUT2D eigenvalue weighted by Gasteiger charge is -2.24. The minimum atomic E-state index is -3.75. The van der Waals surface area contributed by atoms with E-state index in [-0.39, 0.29) is 41.0 Å². The van der Waals surface area contributed by atoms with Crippen LogP contribution in [0.5, 0.6) is 11.5 Å². The number of sulfonamides is 1. The van der Waals surface area contributed by atoms with Gasteiger partial charge in [0.15, 0.2) is 6.61 Å². The summed E-state index contributed by atoms with van der Waals surface area (Å²) in [6.07, 6.45) is 0.711. The minimum absolute atomic E-state index is 0. The number of benzene rings is 1. The molecule has 1 aromatic carbocycles. The van der Waals surface area contributed by atoms with E-state index in [2.05, 4.69) is 5.32 Å². The molecule has 2 aliphatic rings. The number of anilines is 1. The largest absolute Gasteiger partial charge is 0.495 e. The molecular weight excluding hydrogens is 370 g/mol. The number of methoxy groups -OCH3 is 1. The van der Waals surface area contributed by atoms with Gasteiger partial charge in [0.25, 0.3) is 5.91 Å². The molecule has 0 bridgehead atoms. The summed E-state index contributed by atoms with van der Waals surface area (Å²) < 4.78 is 38.0. The Bertz CT molecular complexity index is 786. The lowest BCUT2D eigenvalue weighted by Crippen LogP contribution is -2.34. The number of hydrogen-bond acceptors (Lipinski definition) is 6. The summed E-state index contributed by atoms with van der Waals surface area (Å²) in [6, 6.07) is 2.87. The van der Waals surface area contributed by atoms with Crippen LogP contribution in [0.3, 0.4) is 0 Å². The predicted molar refractivity (Wildman–Crippen MR) is 94.9 cm³/mol. The lowest BCUT2D eigenvalue weighted by molar-refractivity contribution is -0.118. The highest BCUT2D eigenvalue weighted by molar-refractivity contribution is 7.89. The van der Waals surface area contributed by atoms with Crippen molar-refractivity contribution >= 4 is 34.0 Å². The van der Waals surface area contributed by atoms with Crippen LogP contribution in [0.25, 0.3) is 0 Å². The molecule has 0 aliphatic carbocycles.